The maximum Gasteiger partial charge on any atom is 0.144 e. The Hall–Kier alpha value is -2.38. The lowest BCUT2D eigenvalue weighted by Gasteiger charge is -2.25. The number of aromatic nitrogens is 2. The molecule has 1 fully saturated rings. The average molecular weight is 400 g/mol. The first-order valence-corrected chi connectivity index (χ1v) is 10.2. The third-order valence-corrected chi connectivity index (χ3v) is 5.30. The number of piperidine rings is 1. The molecular weight excluding hydrogens is 366 g/mol. The summed E-state index contributed by atoms with van der Waals surface area (Å²) in [4.78, 5) is 14.0. The summed E-state index contributed by atoms with van der Waals surface area (Å²) in [6, 6.07) is 8.06. The second-order valence-electron chi connectivity index (χ2n) is 7.86. The fraction of sp³-hybridized carbons (Fsp3) is 0.545. The van der Waals surface area contributed by atoms with Crippen molar-refractivity contribution in [1.29, 1.82) is 0 Å². The minimum atomic E-state index is 0.455. The number of methoxy groups -OCH3 is 2. The summed E-state index contributed by atoms with van der Waals surface area (Å²) < 4.78 is 10.8. The monoisotopic (exact) mass is 399 g/mol. The molecule has 158 valence electrons. The van der Waals surface area contributed by atoms with E-state index < -0.39 is 0 Å². The topological polar surface area (TPSA) is 62.8 Å². The standard InChI is InChI=1S/C22H33N5O2/c1-26(2)22-12-19(16-7-6-10-23-13-16)24-21(25-22)15-27(3)14-17-8-9-18(28-4)11-20(17)29-5/h8-9,11-12,16,23H,6-7,10,13-15H2,1-5H3/t16-/m0/s1. The van der Waals surface area contributed by atoms with Gasteiger partial charge in [-0.05, 0) is 32.5 Å². The minimum Gasteiger partial charge on any atom is -0.497 e. The van der Waals surface area contributed by atoms with E-state index in [0.717, 1.165) is 54.0 Å². The SMILES string of the molecule is COc1ccc(CN(C)Cc2nc([C@H]3CCCNC3)cc(N(C)C)n2)c(OC)c1. The van der Waals surface area contributed by atoms with Gasteiger partial charge < -0.3 is 19.7 Å². The normalized spacial score (nSPS) is 16.7. The van der Waals surface area contributed by atoms with Crippen molar-refractivity contribution in [2.75, 3.05) is 53.4 Å². The molecule has 0 spiro atoms. The lowest BCUT2D eigenvalue weighted by molar-refractivity contribution is 0.301. The van der Waals surface area contributed by atoms with E-state index in [9.17, 15) is 0 Å². The van der Waals surface area contributed by atoms with Crippen LogP contribution in [-0.2, 0) is 13.1 Å². The number of nitrogens with one attached hydrogen (secondary N) is 1. The number of nitrogens with zero attached hydrogens (tertiary/aromatic N) is 4. The van der Waals surface area contributed by atoms with Crippen LogP contribution in [0.2, 0.25) is 0 Å². The summed E-state index contributed by atoms with van der Waals surface area (Å²) >= 11 is 0. The van der Waals surface area contributed by atoms with E-state index in [1.807, 2.05) is 32.3 Å². The molecule has 1 aromatic carbocycles. The fourth-order valence-electron chi connectivity index (χ4n) is 3.69. The summed E-state index contributed by atoms with van der Waals surface area (Å²) in [6.07, 6.45) is 2.37. The molecule has 29 heavy (non-hydrogen) atoms. The molecule has 0 radical (unpaired) electrons. The molecule has 1 atom stereocenters. The number of hydrogen-bond acceptors (Lipinski definition) is 7. The maximum absolute atomic E-state index is 5.54. The Morgan fingerprint density at radius 2 is 1.90 bits per heavy atom. The Morgan fingerprint density at radius 1 is 1.07 bits per heavy atom. The van der Waals surface area contributed by atoms with Gasteiger partial charge in [-0.3, -0.25) is 4.90 Å². The second kappa shape index (κ2) is 9.89. The highest BCUT2D eigenvalue weighted by Gasteiger charge is 2.19. The van der Waals surface area contributed by atoms with Crippen molar-refractivity contribution in [2.45, 2.75) is 31.8 Å². The zero-order chi connectivity index (χ0) is 20.8. The van der Waals surface area contributed by atoms with Crippen LogP contribution in [0.1, 0.15) is 35.8 Å². The van der Waals surface area contributed by atoms with E-state index in [1.165, 1.54) is 12.8 Å². The zero-order valence-electron chi connectivity index (χ0n) is 18.2. The molecule has 3 rings (SSSR count). The van der Waals surface area contributed by atoms with E-state index >= 15 is 0 Å². The molecule has 7 nitrogen and oxygen atoms in total. The molecule has 1 N–H and O–H groups in total. The smallest absolute Gasteiger partial charge is 0.144 e. The molecule has 7 heteroatoms. The van der Waals surface area contributed by atoms with Gasteiger partial charge in [0.05, 0.1) is 26.5 Å². The van der Waals surface area contributed by atoms with Gasteiger partial charge in [-0.15, -0.1) is 0 Å². The first-order valence-electron chi connectivity index (χ1n) is 10.2. The lowest BCUT2D eigenvalue weighted by atomic mass is 9.96. The lowest BCUT2D eigenvalue weighted by Crippen LogP contribution is -2.29. The molecule has 0 unspecified atom stereocenters. The van der Waals surface area contributed by atoms with Crippen molar-refractivity contribution in [3.63, 3.8) is 0 Å². The molecule has 0 amide bonds. The third-order valence-electron chi connectivity index (χ3n) is 5.30. The van der Waals surface area contributed by atoms with Crippen molar-refractivity contribution in [2.24, 2.45) is 0 Å². The molecule has 1 saturated heterocycles. The van der Waals surface area contributed by atoms with Crippen LogP contribution in [0.4, 0.5) is 5.82 Å². The van der Waals surface area contributed by atoms with Gasteiger partial charge in [0, 0.05) is 50.8 Å². The van der Waals surface area contributed by atoms with Gasteiger partial charge >= 0.3 is 0 Å². The molecule has 0 saturated carbocycles. The Labute approximate surface area is 174 Å². The number of benzene rings is 1. The maximum atomic E-state index is 5.54. The highest BCUT2D eigenvalue weighted by molar-refractivity contribution is 5.41. The summed E-state index contributed by atoms with van der Waals surface area (Å²) in [5.41, 5.74) is 2.25. The predicted molar refractivity (Wildman–Crippen MR) is 116 cm³/mol. The molecule has 1 aliphatic rings. The van der Waals surface area contributed by atoms with Crippen molar-refractivity contribution < 1.29 is 9.47 Å². The highest BCUT2D eigenvalue weighted by atomic mass is 16.5. The van der Waals surface area contributed by atoms with Crippen LogP contribution in [0.3, 0.4) is 0 Å². The molecule has 0 bridgehead atoms. The number of hydrogen-bond donors (Lipinski definition) is 1. The van der Waals surface area contributed by atoms with Crippen LogP contribution < -0.4 is 19.7 Å². The van der Waals surface area contributed by atoms with Crippen LogP contribution >= 0.6 is 0 Å². The minimum absolute atomic E-state index is 0.455. The quantitative estimate of drug-likeness (QED) is 0.732. The first kappa shape index (κ1) is 21.3. The second-order valence-corrected chi connectivity index (χ2v) is 7.86. The van der Waals surface area contributed by atoms with Crippen LogP contribution in [0.25, 0.3) is 0 Å². The molecule has 0 aliphatic carbocycles. The summed E-state index contributed by atoms with van der Waals surface area (Å²) in [7, 11) is 9.49. The van der Waals surface area contributed by atoms with Gasteiger partial charge in [-0.25, -0.2) is 9.97 Å². The number of anilines is 1. The van der Waals surface area contributed by atoms with E-state index in [2.05, 4.69) is 28.2 Å². The molecule has 1 aromatic heterocycles. The van der Waals surface area contributed by atoms with E-state index in [1.54, 1.807) is 14.2 Å². The fourth-order valence-corrected chi connectivity index (χ4v) is 3.69. The van der Waals surface area contributed by atoms with E-state index in [4.69, 9.17) is 19.4 Å². The van der Waals surface area contributed by atoms with Crippen LogP contribution in [-0.4, -0.2) is 63.3 Å². The average Bonchev–Trinajstić information content (AvgIpc) is 2.74. The van der Waals surface area contributed by atoms with Gasteiger partial charge in [-0.2, -0.15) is 0 Å². The van der Waals surface area contributed by atoms with Gasteiger partial charge in [0.1, 0.15) is 23.1 Å². The van der Waals surface area contributed by atoms with Crippen LogP contribution in [0, 0.1) is 0 Å². The van der Waals surface area contributed by atoms with Gasteiger partial charge in [0.25, 0.3) is 0 Å². The Kier molecular flexibility index (Phi) is 7.28. The van der Waals surface area contributed by atoms with Gasteiger partial charge in [0.2, 0.25) is 0 Å². The van der Waals surface area contributed by atoms with Crippen molar-refractivity contribution in [1.82, 2.24) is 20.2 Å². The molecule has 1 aliphatic heterocycles. The van der Waals surface area contributed by atoms with E-state index in [-0.39, 0.29) is 0 Å². The molecular formula is C22H33N5O2. The highest BCUT2D eigenvalue weighted by Crippen LogP contribution is 2.27. The summed E-state index contributed by atoms with van der Waals surface area (Å²) in [5, 5.41) is 3.49. The Morgan fingerprint density at radius 3 is 2.55 bits per heavy atom. The van der Waals surface area contributed by atoms with Crippen molar-refractivity contribution >= 4 is 5.82 Å². The Balaban J connectivity index is 1.77. The van der Waals surface area contributed by atoms with Crippen LogP contribution in [0.5, 0.6) is 11.5 Å². The van der Waals surface area contributed by atoms with Crippen LogP contribution in [0.15, 0.2) is 24.3 Å². The molecule has 2 aromatic rings. The largest absolute Gasteiger partial charge is 0.497 e. The summed E-state index contributed by atoms with van der Waals surface area (Å²) in [6.45, 7) is 3.50. The Bertz CT molecular complexity index is 806. The zero-order valence-corrected chi connectivity index (χ0v) is 18.2. The van der Waals surface area contributed by atoms with Crippen molar-refractivity contribution in [3.8, 4) is 11.5 Å². The number of ether oxygens (including phenoxy) is 2. The molecule has 2 heterocycles. The van der Waals surface area contributed by atoms with Crippen molar-refractivity contribution in [3.05, 3.63) is 41.3 Å². The first-order chi connectivity index (χ1) is 14.0. The van der Waals surface area contributed by atoms with E-state index in [0.29, 0.717) is 12.5 Å². The third kappa shape index (κ3) is 5.58. The van der Waals surface area contributed by atoms with Gasteiger partial charge in [-0.1, -0.05) is 6.07 Å². The number of rotatable bonds is 8. The predicted octanol–water partition coefficient (Wildman–Crippen LogP) is 2.66. The summed E-state index contributed by atoms with van der Waals surface area (Å²) in [5.74, 6) is 3.89. The van der Waals surface area contributed by atoms with Gasteiger partial charge in [0.15, 0.2) is 0 Å².